The molecule has 0 aromatic heterocycles. The normalized spacial score (nSPS) is 10.5. The molecule has 0 spiro atoms. The minimum Gasteiger partial charge on any atom is -0.0833 e. The van der Waals surface area contributed by atoms with Crippen molar-refractivity contribution in [1.82, 2.24) is 0 Å². The number of halogens is 1. The van der Waals surface area contributed by atoms with Crippen molar-refractivity contribution in [3.63, 3.8) is 0 Å². The van der Waals surface area contributed by atoms with Crippen LogP contribution < -0.4 is 0 Å². The average molecular weight is 175 g/mol. The molecule has 0 fully saturated rings. The lowest BCUT2D eigenvalue weighted by atomic mass is 10.1. The van der Waals surface area contributed by atoms with Gasteiger partial charge in [-0.15, -0.1) is 0 Å². The molecule has 0 aliphatic rings. The maximum absolute atomic E-state index is 6.00. The van der Waals surface area contributed by atoms with Crippen LogP contribution in [0.2, 0.25) is 5.02 Å². The van der Waals surface area contributed by atoms with E-state index in [4.69, 9.17) is 18.5 Å². The SMILES string of the molecule is [CH]c1ccc2ccccc2c1Cl. The summed E-state index contributed by atoms with van der Waals surface area (Å²) in [7, 11) is 0. The molecule has 0 bridgehead atoms. The maximum Gasteiger partial charge on any atom is 0.0519 e. The van der Waals surface area contributed by atoms with Gasteiger partial charge in [-0.2, -0.15) is 0 Å². The lowest BCUT2D eigenvalue weighted by molar-refractivity contribution is 1.66. The Morgan fingerprint density at radius 2 is 1.75 bits per heavy atom. The molecule has 0 amide bonds. The molecule has 12 heavy (non-hydrogen) atoms. The summed E-state index contributed by atoms with van der Waals surface area (Å²) in [6.45, 7) is 5.65. The molecule has 0 nitrogen and oxygen atoms in total. The Morgan fingerprint density at radius 3 is 2.58 bits per heavy atom. The number of hydrogen-bond donors (Lipinski definition) is 0. The van der Waals surface area contributed by atoms with Gasteiger partial charge in [0.25, 0.3) is 0 Å². The molecule has 0 heterocycles. The smallest absolute Gasteiger partial charge is 0.0519 e. The van der Waals surface area contributed by atoms with E-state index in [1.165, 1.54) is 0 Å². The third-order valence-corrected chi connectivity index (χ3v) is 2.31. The summed E-state index contributed by atoms with van der Waals surface area (Å²) >= 11 is 6.00. The van der Waals surface area contributed by atoms with Gasteiger partial charge in [0.05, 0.1) is 5.02 Å². The highest BCUT2D eigenvalue weighted by atomic mass is 35.5. The molecule has 0 unspecified atom stereocenters. The van der Waals surface area contributed by atoms with Crippen LogP contribution in [-0.4, -0.2) is 0 Å². The Kier molecular flexibility index (Phi) is 1.78. The van der Waals surface area contributed by atoms with Crippen molar-refractivity contribution < 1.29 is 0 Å². The van der Waals surface area contributed by atoms with E-state index >= 15 is 0 Å². The van der Waals surface area contributed by atoms with Crippen molar-refractivity contribution in [3.05, 3.63) is 53.9 Å². The van der Waals surface area contributed by atoms with Gasteiger partial charge in [-0.25, -0.2) is 0 Å². The van der Waals surface area contributed by atoms with E-state index in [-0.39, 0.29) is 0 Å². The van der Waals surface area contributed by atoms with Gasteiger partial charge in [0, 0.05) is 12.3 Å². The summed E-state index contributed by atoms with van der Waals surface area (Å²) in [5.41, 5.74) is 0.635. The van der Waals surface area contributed by atoms with E-state index in [2.05, 4.69) is 0 Å². The zero-order valence-electron chi connectivity index (χ0n) is 6.42. The van der Waals surface area contributed by atoms with Gasteiger partial charge >= 0.3 is 0 Å². The molecule has 0 saturated heterocycles. The first-order valence-electron chi connectivity index (χ1n) is 3.72. The van der Waals surface area contributed by atoms with E-state index < -0.39 is 0 Å². The predicted molar refractivity (Wildman–Crippen MR) is 52.4 cm³/mol. The van der Waals surface area contributed by atoms with Gasteiger partial charge < -0.3 is 0 Å². The van der Waals surface area contributed by atoms with Crippen LogP contribution in [0.3, 0.4) is 0 Å². The monoisotopic (exact) mass is 174 g/mol. The summed E-state index contributed by atoms with van der Waals surface area (Å²) in [6, 6.07) is 11.7. The number of rotatable bonds is 0. The first kappa shape index (κ1) is 7.63. The minimum absolute atomic E-state index is 0.635. The minimum atomic E-state index is 0.635. The zero-order valence-corrected chi connectivity index (χ0v) is 7.18. The molecule has 2 rings (SSSR count). The highest BCUT2D eigenvalue weighted by molar-refractivity contribution is 6.36. The standard InChI is InChI=1S/C11H7Cl/c1-8-6-7-9-4-2-3-5-10(9)11(8)12/h1-7H. The summed E-state index contributed by atoms with van der Waals surface area (Å²) in [5, 5.41) is 2.78. The third-order valence-electron chi connectivity index (χ3n) is 1.89. The molecular formula is C11H7Cl. The van der Waals surface area contributed by atoms with Gasteiger partial charge in [0.1, 0.15) is 0 Å². The molecular weight excluding hydrogens is 168 g/mol. The average Bonchev–Trinajstić information content (AvgIpc) is 2.12. The van der Waals surface area contributed by atoms with Gasteiger partial charge in [0.15, 0.2) is 0 Å². The first-order chi connectivity index (χ1) is 5.79. The largest absolute Gasteiger partial charge is 0.0833 e. The molecule has 58 valence electrons. The van der Waals surface area contributed by atoms with Crippen molar-refractivity contribution in [2.45, 2.75) is 0 Å². The predicted octanol–water partition coefficient (Wildman–Crippen LogP) is 3.55. The highest BCUT2D eigenvalue weighted by Gasteiger charge is 1.99. The molecule has 2 aromatic carbocycles. The fourth-order valence-electron chi connectivity index (χ4n) is 1.25. The van der Waals surface area contributed by atoms with Crippen LogP contribution in [0.15, 0.2) is 36.4 Å². The van der Waals surface area contributed by atoms with Crippen LogP contribution in [0.1, 0.15) is 5.56 Å². The quantitative estimate of drug-likeness (QED) is 0.573. The zero-order chi connectivity index (χ0) is 8.55. The molecule has 1 heteroatoms. The van der Waals surface area contributed by atoms with Crippen LogP contribution in [0.4, 0.5) is 0 Å². The second-order valence-electron chi connectivity index (χ2n) is 2.69. The van der Waals surface area contributed by atoms with Crippen molar-refractivity contribution in [1.29, 1.82) is 0 Å². The van der Waals surface area contributed by atoms with Crippen LogP contribution in [0.25, 0.3) is 10.8 Å². The lowest BCUT2D eigenvalue weighted by Gasteiger charge is -2.01. The topological polar surface area (TPSA) is 0 Å². The van der Waals surface area contributed by atoms with E-state index in [1.54, 1.807) is 0 Å². The maximum atomic E-state index is 6.00. The van der Waals surface area contributed by atoms with Gasteiger partial charge in [-0.3, -0.25) is 0 Å². The van der Waals surface area contributed by atoms with Crippen molar-refractivity contribution >= 4 is 22.4 Å². The van der Waals surface area contributed by atoms with Crippen LogP contribution in [0.5, 0.6) is 0 Å². The Labute approximate surface area is 76.8 Å². The summed E-state index contributed by atoms with van der Waals surface area (Å²) in [5.74, 6) is 0. The highest BCUT2D eigenvalue weighted by Crippen LogP contribution is 2.26. The van der Waals surface area contributed by atoms with Crippen LogP contribution in [-0.2, 0) is 0 Å². The fraction of sp³-hybridized carbons (Fsp3) is 0. The van der Waals surface area contributed by atoms with E-state index in [0.717, 1.165) is 10.8 Å². The van der Waals surface area contributed by atoms with Crippen molar-refractivity contribution in [2.24, 2.45) is 0 Å². The molecule has 0 N–H and O–H groups in total. The number of benzene rings is 2. The fourth-order valence-corrected chi connectivity index (χ4v) is 1.49. The molecule has 2 aromatic rings. The number of hydrogen-bond acceptors (Lipinski definition) is 0. The first-order valence-corrected chi connectivity index (χ1v) is 4.09. The molecule has 0 saturated carbocycles. The van der Waals surface area contributed by atoms with E-state index in [1.807, 2.05) is 36.4 Å². The third kappa shape index (κ3) is 1.09. The summed E-state index contributed by atoms with van der Waals surface area (Å²) in [6.07, 6.45) is 0. The molecule has 0 aliphatic carbocycles. The molecule has 2 radical (unpaired) electrons. The van der Waals surface area contributed by atoms with Gasteiger partial charge in [0.2, 0.25) is 0 Å². The number of fused-ring (bicyclic) bond motifs is 1. The van der Waals surface area contributed by atoms with Gasteiger partial charge in [-0.1, -0.05) is 48.0 Å². The summed E-state index contributed by atoms with van der Waals surface area (Å²) < 4.78 is 0. The van der Waals surface area contributed by atoms with E-state index in [9.17, 15) is 0 Å². The Hall–Kier alpha value is -1.01. The second kappa shape index (κ2) is 2.80. The Morgan fingerprint density at radius 1 is 1.00 bits per heavy atom. The van der Waals surface area contributed by atoms with Crippen molar-refractivity contribution in [3.8, 4) is 0 Å². The van der Waals surface area contributed by atoms with E-state index in [0.29, 0.717) is 10.6 Å². The molecule has 0 aliphatic heterocycles. The lowest BCUT2D eigenvalue weighted by Crippen LogP contribution is -1.77. The van der Waals surface area contributed by atoms with Crippen LogP contribution in [0, 0.1) is 6.92 Å². The second-order valence-corrected chi connectivity index (χ2v) is 3.07. The Balaban J connectivity index is 2.91. The molecule has 0 atom stereocenters. The van der Waals surface area contributed by atoms with Crippen LogP contribution >= 0.6 is 11.6 Å². The summed E-state index contributed by atoms with van der Waals surface area (Å²) in [4.78, 5) is 0. The Bertz CT molecular complexity index is 418. The van der Waals surface area contributed by atoms with Crippen molar-refractivity contribution in [2.75, 3.05) is 0 Å². The van der Waals surface area contributed by atoms with Gasteiger partial charge in [-0.05, 0) is 10.9 Å².